The van der Waals surface area contributed by atoms with Gasteiger partial charge in [0.05, 0.1) is 6.20 Å². The van der Waals surface area contributed by atoms with Gasteiger partial charge in [-0.25, -0.2) is 15.0 Å². The van der Waals surface area contributed by atoms with Crippen molar-refractivity contribution in [3.8, 4) is 0 Å². The Bertz CT molecular complexity index is 614. The molecule has 120 valence electrons. The van der Waals surface area contributed by atoms with Gasteiger partial charge in [-0.05, 0) is 6.07 Å². The van der Waals surface area contributed by atoms with Crippen molar-refractivity contribution in [2.75, 3.05) is 42.9 Å². The lowest BCUT2D eigenvalue weighted by molar-refractivity contribution is -0.131. The minimum atomic E-state index is 0.146. The predicted octanol–water partition coefficient (Wildman–Crippen LogP) is 0.417. The van der Waals surface area contributed by atoms with E-state index in [4.69, 9.17) is 0 Å². The Labute approximate surface area is 134 Å². The first-order valence-corrected chi connectivity index (χ1v) is 7.62. The zero-order chi connectivity index (χ0) is 15.9. The van der Waals surface area contributed by atoms with Crippen molar-refractivity contribution in [2.45, 2.75) is 6.42 Å². The second-order valence-electron chi connectivity index (χ2n) is 5.18. The number of hydrogen-bond donors (Lipinski definition) is 1. The molecule has 0 unspecified atom stereocenters. The van der Waals surface area contributed by atoms with Crippen LogP contribution < -0.4 is 10.2 Å². The summed E-state index contributed by atoms with van der Waals surface area (Å²) in [6.07, 6.45) is 8.87. The first-order chi connectivity index (χ1) is 11.3. The zero-order valence-electron chi connectivity index (χ0n) is 12.8. The molecule has 0 saturated carbocycles. The van der Waals surface area contributed by atoms with E-state index in [1.807, 2.05) is 4.90 Å². The Balaban J connectivity index is 1.41. The van der Waals surface area contributed by atoms with Gasteiger partial charge in [-0.15, -0.1) is 0 Å². The molecule has 2 aromatic rings. The van der Waals surface area contributed by atoms with Crippen molar-refractivity contribution in [3.63, 3.8) is 0 Å². The summed E-state index contributed by atoms with van der Waals surface area (Å²) in [7, 11) is 0. The molecule has 0 aromatic carbocycles. The van der Waals surface area contributed by atoms with Crippen molar-refractivity contribution in [1.29, 1.82) is 0 Å². The molecule has 0 atom stereocenters. The number of carbonyl (C=O) groups is 1. The molecule has 0 aliphatic carbocycles. The van der Waals surface area contributed by atoms with Crippen LogP contribution in [0.25, 0.3) is 0 Å². The fraction of sp³-hybridized carbons (Fsp3) is 0.400. The number of aromatic nitrogens is 4. The first kappa shape index (κ1) is 15.1. The van der Waals surface area contributed by atoms with Gasteiger partial charge in [0.1, 0.15) is 5.82 Å². The minimum absolute atomic E-state index is 0.146. The van der Waals surface area contributed by atoms with E-state index in [0.717, 1.165) is 18.9 Å². The summed E-state index contributed by atoms with van der Waals surface area (Å²) >= 11 is 0. The van der Waals surface area contributed by atoms with E-state index in [9.17, 15) is 4.79 Å². The minimum Gasteiger partial charge on any atom is -0.354 e. The van der Waals surface area contributed by atoms with Crippen LogP contribution >= 0.6 is 0 Å². The van der Waals surface area contributed by atoms with Gasteiger partial charge in [0.15, 0.2) is 0 Å². The first-order valence-electron chi connectivity index (χ1n) is 7.62. The fourth-order valence-electron chi connectivity index (χ4n) is 2.47. The van der Waals surface area contributed by atoms with Crippen molar-refractivity contribution < 1.29 is 4.79 Å². The summed E-state index contributed by atoms with van der Waals surface area (Å²) in [5, 5.41) is 3.05. The van der Waals surface area contributed by atoms with Crippen LogP contribution in [0.3, 0.4) is 0 Å². The molecular weight excluding hydrogens is 294 g/mol. The fourth-order valence-corrected chi connectivity index (χ4v) is 2.47. The van der Waals surface area contributed by atoms with Crippen LogP contribution in [0.2, 0.25) is 0 Å². The van der Waals surface area contributed by atoms with Crippen LogP contribution in [0.4, 0.5) is 11.8 Å². The van der Waals surface area contributed by atoms with E-state index in [2.05, 4.69) is 30.2 Å². The largest absolute Gasteiger partial charge is 0.354 e. The highest BCUT2D eigenvalue weighted by Crippen LogP contribution is 2.12. The average Bonchev–Trinajstić information content (AvgIpc) is 2.63. The van der Waals surface area contributed by atoms with Gasteiger partial charge in [-0.1, -0.05) is 0 Å². The maximum Gasteiger partial charge on any atom is 0.224 e. The number of anilines is 2. The van der Waals surface area contributed by atoms with Crippen LogP contribution in [0.5, 0.6) is 0 Å². The molecule has 1 aliphatic rings. The lowest BCUT2D eigenvalue weighted by Gasteiger charge is -2.35. The van der Waals surface area contributed by atoms with Gasteiger partial charge in [0.25, 0.3) is 0 Å². The number of amides is 1. The van der Waals surface area contributed by atoms with Gasteiger partial charge in [0.2, 0.25) is 11.9 Å². The number of piperazine rings is 1. The smallest absolute Gasteiger partial charge is 0.224 e. The molecule has 1 saturated heterocycles. The van der Waals surface area contributed by atoms with E-state index < -0.39 is 0 Å². The third kappa shape index (κ3) is 4.12. The van der Waals surface area contributed by atoms with E-state index in [-0.39, 0.29) is 5.91 Å². The summed E-state index contributed by atoms with van der Waals surface area (Å²) < 4.78 is 0. The lowest BCUT2D eigenvalue weighted by atomic mass is 10.2. The van der Waals surface area contributed by atoms with Crippen LogP contribution in [-0.4, -0.2) is 63.5 Å². The number of rotatable bonds is 5. The van der Waals surface area contributed by atoms with E-state index in [1.54, 1.807) is 37.1 Å². The summed E-state index contributed by atoms with van der Waals surface area (Å²) in [5.74, 6) is 1.56. The number of nitrogens with zero attached hydrogens (tertiary/aromatic N) is 6. The van der Waals surface area contributed by atoms with Crippen LogP contribution in [0, 0.1) is 0 Å². The topological polar surface area (TPSA) is 87.1 Å². The predicted molar refractivity (Wildman–Crippen MR) is 86.0 cm³/mol. The highest BCUT2D eigenvalue weighted by molar-refractivity contribution is 5.77. The molecule has 1 fully saturated rings. The van der Waals surface area contributed by atoms with Crippen molar-refractivity contribution in [1.82, 2.24) is 24.8 Å². The Kier molecular flexibility index (Phi) is 4.92. The highest BCUT2D eigenvalue weighted by Gasteiger charge is 2.21. The zero-order valence-corrected chi connectivity index (χ0v) is 12.8. The Morgan fingerprint density at radius 2 is 1.83 bits per heavy atom. The molecule has 8 nitrogen and oxygen atoms in total. The van der Waals surface area contributed by atoms with Crippen molar-refractivity contribution >= 4 is 17.7 Å². The summed E-state index contributed by atoms with van der Waals surface area (Å²) in [6, 6.07) is 1.76. The van der Waals surface area contributed by atoms with Gasteiger partial charge < -0.3 is 15.1 Å². The lowest BCUT2D eigenvalue weighted by Crippen LogP contribution is -2.49. The molecule has 0 radical (unpaired) electrons. The summed E-state index contributed by atoms with van der Waals surface area (Å²) in [6.45, 7) is 3.50. The monoisotopic (exact) mass is 313 g/mol. The maximum absolute atomic E-state index is 12.2. The molecule has 0 spiro atoms. The van der Waals surface area contributed by atoms with Crippen LogP contribution in [0.15, 0.2) is 37.1 Å². The van der Waals surface area contributed by atoms with E-state index >= 15 is 0 Å². The quantitative estimate of drug-likeness (QED) is 0.856. The normalized spacial score (nSPS) is 14.6. The van der Waals surface area contributed by atoms with Crippen molar-refractivity contribution in [3.05, 3.63) is 37.1 Å². The molecule has 8 heteroatoms. The van der Waals surface area contributed by atoms with Crippen LogP contribution in [0.1, 0.15) is 6.42 Å². The highest BCUT2D eigenvalue weighted by atomic mass is 16.2. The molecular formula is C15H19N7O. The second-order valence-corrected chi connectivity index (χ2v) is 5.18. The Morgan fingerprint density at radius 3 is 2.52 bits per heavy atom. The van der Waals surface area contributed by atoms with E-state index in [1.165, 1.54) is 0 Å². The van der Waals surface area contributed by atoms with Crippen molar-refractivity contribution in [2.24, 2.45) is 0 Å². The third-order valence-electron chi connectivity index (χ3n) is 3.69. The van der Waals surface area contributed by atoms with E-state index in [0.29, 0.717) is 32.0 Å². The Hall–Kier alpha value is -2.77. The van der Waals surface area contributed by atoms with Gasteiger partial charge in [0, 0.05) is 63.9 Å². The molecule has 3 heterocycles. The summed E-state index contributed by atoms with van der Waals surface area (Å²) in [5.41, 5.74) is 0. The van der Waals surface area contributed by atoms with Gasteiger partial charge in [-0.3, -0.25) is 9.78 Å². The molecule has 3 rings (SSSR count). The Morgan fingerprint density at radius 1 is 1.04 bits per heavy atom. The van der Waals surface area contributed by atoms with Gasteiger partial charge >= 0.3 is 0 Å². The number of hydrogen-bond acceptors (Lipinski definition) is 7. The SMILES string of the molecule is O=C(CCNc1ncccn1)N1CCN(c2cnccn2)CC1. The standard InChI is InChI=1S/C15H19N7O/c23-14(2-5-20-15-18-3-1-4-19-15)22-10-8-21(9-11-22)13-12-16-6-7-17-13/h1,3-4,6-7,12H,2,5,8-11H2,(H,18,19,20). The average molecular weight is 313 g/mol. The number of nitrogens with one attached hydrogen (secondary N) is 1. The molecule has 1 N–H and O–H groups in total. The van der Waals surface area contributed by atoms with Gasteiger partial charge in [-0.2, -0.15) is 0 Å². The molecule has 1 amide bonds. The summed E-state index contributed by atoms with van der Waals surface area (Å²) in [4.78, 5) is 32.8. The van der Waals surface area contributed by atoms with Crippen LogP contribution in [-0.2, 0) is 4.79 Å². The number of carbonyl (C=O) groups excluding carboxylic acids is 1. The molecule has 23 heavy (non-hydrogen) atoms. The second kappa shape index (κ2) is 7.48. The molecule has 1 aliphatic heterocycles. The molecule has 0 bridgehead atoms. The molecule has 2 aromatic heterocycles. The maximum atomic E-state index is 12.2. The third-order valence-corrected chi connectivity index (χ3v) is 3.69.